The van der Waals surface area contributed by atoms with E-state index >= 15 is 0 Å². The van der Waals surface area contributed by atoms with Crippen molar-refractivity contribution in [2.75, 3.05) is 0 Å². The van der Waals surface area contributed by atoms with Crippen LogP contribution in [0.2, 0.25) is 10.2 Å². The molecule has 2 aromatic rings. The van der Waals surface area contributed by atoms with Crippen molar-refractivity contribution in [2.24, 2.45) is 0 Å². The number of nitrogens with zero attached hydrogens (tertiary/aromatic N) is 1. The highest BCUT2D eigenvalue weighted by Gasteiger charge is 2.14. The highest BCUT2D eigenvalue weighted by molar-refractivity contribution is 6.37. The van der Waals surface area contributed by atoms with Crippen molar-refractivity contribution in [2.45, 2.75) is 26.2 Å². The molecule has 1 aromatic heterocycles. The normalized spacial score (nSPS) is 12.1. The van der Waals surface area contributed by atoms with E-state index in [0.717, 1.165) is 10.9 Å². The highest BCUT2D eigenvalue weighted by Crippen LogP contribution is 2.29. The first-order valence-corrected chi connectivity index (χ1v) is 5.90. The quantitative estimate of drug-likeness (QED) is 0.613. The molecular weight excluding hydrogens is 241 g/mol. The first-order valence-electron chi connectivity index (χ1n) is 5.14. The summed E-state index contributed by atoms with van der Waals surface area (Å²) in [6, 6.07) is 7.81. The van der Waals surface area contributed by atoms with Crippen molar-refractivity contribution in [3.63, 3.8) is 0 Å². The molecule has 0 saturated carbocycles. The summed E-state index contributed by atoms with van der Waals surface area (Å²) in [4.78, 5) is 4.29. The van der Waals surface area contributed by atoms with Gasteiger partial charge in [0.25, 0.3) is 0 Å². The maximum Gasteiger partial charge on any atom is 0.131 e. The zero-order valence-corrected chi connectivity index (χ0v) is 11.0. The lowest BCUT2D eigenvalue weighted by molar-refractivity contribution is 0.591. The average Bonchev–Trinajstić information content (AvgIpc) is 2.15. The molecule has 0 N–H and O–H groups in total. The van der Waals surface area contributed by atoms with Gasteiger partial charge in [0.2, 0.25) is 0 Å². The molecule has 0 radical (unpaired) electrons. The Morgan fingerprint density at radius 3 is 2.38 bits per heavy atom. The van der Waals surface area contributed by atoms with Crippen LogP contribution in [0.1, 0.15) is 26.3 Å². The summed E-state index contributed by atoms with van der Waals surface area (Å²) in [5.74, 6) is 0. The van der Waals surface area contributed by atoms with Crippen LogP contribution in [-0.2, 0) is 5.41 Å². The number of aromatic nitrogens is 1. The fraction of sp³-hybridized carbons (Fsp3) is 0.308. The predicted octanol–water partition coefficient (Wildman–Crippen LogP) is 4.84. The van der Waals surface area contributed by atoms with Gasteiger partial charge in [-0.25, -0.2) is 4.98 Å². The highest BCUT2D eigenvalue weighted by atomic mass is 35.5. The van der Waals surface area contributed by atoms with Crippen molar-refractivity contribution in [3.8, 4) is 0 Å². The van der Waals surface area contributed by atoms with Crippen LogP contribution in [0.15, 0.2) is 24.3 Å². The molecule has 0 spiro atoms. The Bertz CT molecular complexity index is 541. The third-order valence-corrected chi connectivity index (χ3v) is 3.10. The monoisotopic (exact) mass is 253 g/mol. The van der Waals surface area contributed by atoms with Gasteiger partial charge in [-0.2, -0.15) is 0 Å². The minimum absolute atomic E-state index is 0.102. The lowest BCUT2D eigenvalue weighted by Crippen LogP contribution is -2.10. The van der Waals surface area contributed by atoms with Gasteiger partial charge in [0.1, 0.15) is 5.15 Å². The molecule has 1 aromatic carbocycles. The zero-order valence-electron chi connectivity index (χ0n) is 9.51. The molecule has 0 aliphatic rings. The molecule has 0 fully saturated rings. The van der Waals surface area contributed by atoms with Crippen molar-refractivity contribution in [1.29, 1.82) is 0 Å². The smallest absolute Gasteiger partial charge is 0.131 e. The van der Waals surface area contributed by atoms with E-state index in [2.05, 4.69) is 31.8 Å². The SMILES string of the molecule is CC(C)(C)c1ccc2c(Cl)cc(Cl)nc2c1. The van der Waals surface area contributed by atoms with E-state index in [-0.39, 0.29) is 5.41 Å². The lowest BCUT2D eigenvalue weighted by atomic mass is 9.86. The van der Waals surface area contributed by atoms with E-state index in [0.29, 0.717) is 10.2 Å². The van der Waals surface area contributed by atoms with Gasteiger partial charge in [-0.3, -0.25) is 0 Å². The van der Waals surface area contributed by atoms with Crippen LogP contribution < -0.4 is 0 Å². The second kappa shape index (κ2) is 3.90. The molecule has 0 aliphatic carbocycles. The number of pyridine rings is 1. The average molecular weight is 254 g/mol. The van der Waals surface area contributed by atoms with Gasteiger partial charge in [0.05, 0.1) is 10.5 Å². The van der Waals surface area contributed by atoms with E-state index in [1.807, 2.05) is 12.1 Å². The van der Waals surface area contributed by atoms with Gasteiger partial charge in [-0.1, -0.05) is 56.1 Å². The first-order chi connectivity index (χ1) is 7.38. The third-order valence-electron chi connectivity index (χ3n) is 2.59. The predicted molar refractivity (Wildman–Crippen MR) is 70.5 cm³/mol. The molecule has 3 heteroatoms. The summed E-state index contributed by atoms with van der Waals surface area (Å²) in [5, 5.41) is 2.03. The van der Waals surface area contributed by atoms with Gasteiger partial charge >= 0.3 is 0 Å². The van der Waals surface area contributed by atoms with Crippen LogP contribution in [-0.4, -0.2) is 4.98 Å². The third kappa shape index (κ3) is 2.16. The maximum absolute atomic E-state index is 6.10. The van der Waals surface area contributed by atoms with Gasteiger partial charge < -0.3 is 0 Å². The molecule has 2 rings (SSSR count). The topological polar surface area (TPSA) is 12.9 Å². The Morgan fingerprint density at radius 1 is 1.06 bits per heavy atom. The minimum Gasteiger partial charge on any atom is -0.236 e. The number of halogens is 2. The molecule has 16 heavy (non-hydrogen) atoms. The van der Waals surface area contributed by atoms with Gasteiger partial charge in [0, 0.05) is 5.39 Å². The Morgan fingerprint density at radius 2 is 1.75 bits per heavy atom. The molecule has 1 heterocycles. The molecule has 84 valence electrons. The van der Waals surface area contributed by atoms with Crippen LogP contribution in [0.25, 0.3) is 10.9 Å². The summed E-state index contributed by atoms with van der Waals surface area (Å²) in [7, 11) is 0. The Labute approximate surface area is 105 Å². The standard InChI is InChI=1S/C13H13Cl2N/c1-13(2,3)8-4-5-9-10(14)7-12(15)16-11(9)6-8/h4-7H,1-3H3. The largest absolute Gasteiger partial charge is 0.236 e. The van der Waals surface area contributed by atoms with Crippen molar-refractivity contribution < 1.29 is 0 Å². The van der Waals surface area contributed by atoms with E-state index in [1.165, 1.54) is 5.56 Å². The summed E-state index contributed by atoms with van der Waals surface area (Å²) in [6.07, 6.45) is 0. The lowest BCUT2D eigenvalue weighted by Gasteiger charge is -2.19. The maximum atomic E-state index is 6.10. The Kier molecular flexibility index (Phi) is 2.85. The van der Waals surface area contributed by atoms with Gasteiger partial charge in [-0.15, -0.1) is 0 Å². The number of benzene rings is 1. The summed E-state index contributed by atoms with van der Waals surface area (Å²) < 4.78 is 0. The van der Waals surface area contributed by atoms with Gasteiger partial charge in [-0.05, 0) is 23.1 Å². The molecule has 1 nitrogen and oxygen atoms in total. The summed E-state index contributed by atoms with van der Waals surface area (Å²) >= 11 is 12.0. The van der Waals surface area contributed by atoms with Crippen LogP contribution >= 0.6 is 23.2 Å². The molecule has 0 amide bonds. The Balaban J connectivity index is 2.71. The summed E-state index contributed by atoms with van der Waals surface area (Å²) in [5.41, 5.74) is 2.18. The molecular formula is C13H13Cl2N. The number of fused-ring (bicyclic) bond motifs is 1. The number of hydrogen-bond acceptors (Lipinski definition) is 1. The zero-order chi connectivity index (χ0) is 11.9. The molecule has 0 aliphatic heterocycles. The summed E-state index contributed by atoms with van der Waals surface area (Å²) in [6.45, 7) is 6.50. The molecule has 0 unspecified atom stereocenters. The second-order valence-corrected chi connectivity index (χ2v) is 5.70. The molecule has 0 saturated heterocycles. The fourth-order valence-electron chi connectivity index (χ4n) is 1.62. The number of hydrogen-bond donors (Lipinski definition) is 0. The first kappa shape index (κ1) is 11.7. The van der Waals surface area contributed by atoms with Crippen molar-refractivity contribution in [3.05, 3.63) is 40.0 Å². The van der Waals surface area contributed by atoms with E-state index in [9.17, 15) is 0 Å². The van der Waals surface area contributed by atoms with Crippen molar-refractivity contribution in [1.82, 2.24) is 4.98 Å². The van der Waals surface area contributed by atoms with Crippen LogP contribution in [0.4, 0.5) is 0 Å². The van der Waals surface area contributed by atoms with Crippen LogP contribution in [0, 0.1) is 0 Å². The van der Waals surface area contributed by atoms with Crippen LogP contribution in [0.3, 0.4) is 0 Å². The van der Waals surface area contributed by atoms with Gasteiger partial charge in [0.15, 0.2) is 0 Å². The van der Waals surface area contributed by atoms with Crippen LogP contribution in [0.5, 0.6) is 0 Å². The minimum atomic E-state index is 0.102. The van der Waals surface area contributed by atoms with E-state index in [4.69, 9.17) is 23.2 Å². The Hall–Kier alpha value is -0.790. The van der Waals surface area contributed by atoms with E-state index in [1.54, 1.807) is 6.07 Å². The fourth-order valence-corrected chi connectivity index (χ4v) is 2.14. The second-order valence-electron chi connectivity index (χ2n) is 4.91. The van der Waals surface area contributed by atoms with E-state index < -0.39 is 0 Å². The number of rotatable bonds is 0. The molecule has 0 atom stereocenters. The van der Waals surface area contributed by atoms with Crippen molar-refractivity contribution >= 4 is 34.1 Å². The molecule has 0 bridgehead atoms.